The van der Waals surface area contributed by atoms with Crippen LogP contribution in [0.5, 0.6) is 0 Å². The lowest BCUT2D eigenvalue weighted by molar-refractivity contribution is -0.117. The first-order valence-electron chi connectivity index (χ1n) is 8.55. The fourth-order valence-electron chi connectivity index (χ4n) is 2.97. The lowest BCUT2D eigenvalue weighted by Gasteiger charge is -2.32. The highest BCUT2D eigenvalue weighted by Gasteiger charge is 2.20. The summed E-state index contributed by atoms with van der Waals surface area (Å²) < 4.78 is 12.9. The highest BCUT2D eigenvalue weighted by molar-refractivity contribution is 5.91. The summed E-state index contributed by atoms with van der Waals surface area (Å²) in [7, 11) is 0. The molecule has 3 rings (SSSR count). The van der Waals surface area contributed by atoms with Gasteiger partial charge in [-0.05, 0) is 48.7 Å². The summed E-state index contributed by atoms with van der Waals surface area (Å²) >= 11 is 0. The van der Waals surface area contributed by atoms with E-state index in [0.717, 1.165) is 43.7 Å². The number of aromatic nitrogens is 1. The standard InChI is InChI=1S/C20H22FN3O/c21-17-6-4-16(5-7-17)15-24-13-10-19(11-14-24)23-20(25)9-8-18-3-1-2-12-22-18/h1-9,12,19H,10-11,13-15H2,(H,23,25)/b9-8+. The number of nitrogens with one attached hydrogen (secondary N) is 1. The predicted molar refractivity (Wildman–Crippen MR) is 96.1 cm³/mol. The second-order valence-electron chi connectivity index (χ2n) is 6.27. The van der Waals surface area contributed by atoms with Crippen LogP contribution < -0.4 is 5.32 Å². The number of rotatable bonds is 5. The molecule has 2 heterocycles. The van der Waals surface area contributed by atoms with E-state index in [1.54, 1.807) is 12.3 Å². The van der Waals surface area contributed by atoms with Crippen molar-refractivity contribution in [1.29, 1.82) is 0 Å². The number of carbonyl (C=O) groups is 1. The fourth-order valence-corrected chi connectivity index (χ4v) is 2.97. The minimum absolute atomic E-state index is 0.0809. The van der Waals surface area contributed by atoms with Gasteiger partial charge in [0.1, 0.15) is 5.82 Å². The second kappa shape index (κ2) is 8.53. The lowest BCUT2D eigenvalue weighted by atomic mass is 10.0. The van der Waals surface area contributed by atoms with Crippen molar-refractivity contribution < 1.29 is 9.18 Å². The third-order valence-electron chi connectivity index (χ3n) is 4.35. The SMILES string of the molecule is O=C(/C=C/c1ccccn1)NC1CCN(Cc2ccc(F)cc2)CC1. The zero-order valence-electron chi connectivity index (χ0n) is 14.1. The molecule has 0 spiro atoms. The quantitative estimate of drug-likeness (QED) is 0.852. The average molecular weight is 339 g/mol. The number of hydrogen-bond donors (Lipinski definition) is 1. The molecular weight excluding hydrogens is 317 g/mol. The van der Waals surface area contributed by atoms with Gasteiger partial charge in [0.2, 0.25) is 5.91 Å². The molecule has 4 nitrogen and oxygen atoms in total. The molecule has 0 bridgehead atoms. The van der Waals surface area contributed by atoms with Gasteiger partial charge in [0, 0.05) is 37.9 Å². The smallest absolute Gasteiger partial charge is 0.244 e. The first kappa shape index (κ1) is 17.3. The molecule has 1 aromatic carbocycles. The van der Waals surface area contributed by atoms with E-state index in [1.807, 2.05) is 30.3 Å². The van der Waals surface area contributed by atoms with Gasteiger partial charge in [0.25, 0.3) is 0 Å². The zero-order valence-corrected chi connectivity index (χ0v) is 14.1. The maximum absolute atomic E-state index is 12.9. The topological polar surface area (TPSA) is 45.2 Å². The van der Waals surface area contributed by atoms with E-state index < -0.39 is 0 Å². The van der Waals surface area contributed by atoms with E-state index in [4.69, 9.17) is 0 Å². The maximum atomic E-state index is 12.9. The molecule has 1 aliphatic heterocycles. The van der Waals surface area contributed by atoms with E-state index in [1.165, 1.54) is 18.2 Å². The third-order valence-corrected chi connectivity index (χ3v) is 4.35. The number of benzene rings is 1. The number of nitrogens with zero attached hydrogens (tertiary/aromatic N) is 2. The number of likely N-dealkylation sites (tertiary alicyclic amines) is 1. The zero-order chi connectivity index (χ0) is 17.5. The van der Waals surface area contributed by atoms with Crippen LogP contribution in [0.2, 0.25) is 0 Å². The summed E-state index contributed by atoms with van der Waals surface area (Å²) in [6, 6.07) is 12.4. The molecule has 1 amide bonds. The number of pyridine rings is 1. The second-order valence-corrected chi connectivity index (χ2v) is 6.27. The highest BCUT2D eigenvalue weighted by atomic mass is 19.1. The molecule has 1 N–H and O–H groups in total. The summed E-state index contributed by atoms with van der Waals surface area (Å²) in [5, 5.41) is 3.05. The van der Waals surface area contributed by atoms with Crippen molar-refractivity contribution in [3.63, 3.8) is 0 Å². The molecule has 2 aromatic rings. The maximum Gasteiger partial charge on any atom is 0.244 e. The molecule has 0 radical (unpaired) electrons. The Bertz CT molecular complexity index is 707. The molecule has 0 aliphatic carbocycles. The minimum Gasteiger partial charge on any atom is -0.350 e. The van der Waals surface area contributed by atoms with Gasteiger partial charge in [0.05, 0.1) is 5.69 Å². The van der Waals surface area contributed by atoms with Crippen molar-refractivity contribution in [1.82, 2.24) is 15.2 Å². The summed E-state index contributed by atoms with van der Waals surface area (Å²) in [4.78, 5) is 18.5. The molecule has 1 aromatic heterocycles. The Kier molecular flexibility index (Phi) is 5.90. The Morgan fingerprint density at radius 1 is 1.20 bits per heavy atom. The predicted octanol–water partition coefficient (Wildman–Crippen LogP) is 3.01. The van der Waals surface area contributed by atoms with Crippen LogP contribution in [0.1, 0.15) is 24.1 Å². The van der Waals surface area contributed by atoms with Crippen LogP contribution in [0.3, 0.4) is 0 Å². The molecule has 0 saturated carbocycles. The molecule has 130 valence electrons. The number of carbonyl (C=O) groups excluding carboxylic acids is 1. The Morgan fingerprint density at radius 3 is 2.64 bits per heavy atom. The molecule has 0 unspecified atom stereocenters. The van der Waals surface area contributed by atoms with E-state index in [2.05, 4.69) is 15.2 Å². The van der Waals surface area contributed by atoms with Gasteiger partial charge in [-0.25, -0.2) is 4.39 Å². The van der Waals surface area contributed by atoms with Crippen LogP contribution in [0.15, 0.2) is 54.7 Å². The number of hydrogen-bond acceptors (Lipinski definition) is 3. The normalized spacial score (nSPS) is 16.2. The van der Waals surface area contributed by atoms with Crippen LogP contribution in [0, 0.1) is 5.82 Å². The number of piperidine rings is 1. The molecule has 25 heavy (non-hydrogen) atoms. The molecular formula is C20H22FN3O. The summed E-state index contributed by atoms with van der Waals surface area (Å²) in [6.07, 6.45) is 6.80. The highest BCUT2D eigenvalue weighted by Crippen LogP contribution is 2.14. The van der Waals surface area contributed by atoms with E-state index in [0.29, 0.717) is 0 Å². The van der Waals surface area contributed by atoms with Gasteiger partial charge in [0.15, 0.2) is 0 Å². The minimum atomic E-state index is -0.205. The van der Waals surface area contributed by atoms with Crippen LogP contribution in [-0.4, -0.2) is 34.9 Å². The number of halogens is 1. The van der Waals surface area contributed by atoms with Crippen LogP contribution in [0.4, 0.5) is 4.39 Å². The van der Waals surface area contributed by atoms with Crippen molar-refractivity contribution in [2.45, 2.75) is 25.4 Å². The lowest BCUT2D eigenvalue weighted by Crippen LogP contribution is -2.43. The molecule has 0 atom stereocenters. The van der Waals surface area contributed by atoms with Crippen molar-refractivity contribution in [3.05, 3.63) is 71.8 Å². The van der Waals surface area contributed by atoms with Gasteiger partial charge in [-0.15, -0.1) is 0 Å². The Balaban J connectivity index is 1.42. The molecule has 5 heteroatoms. The Morgan fingerprint density at radius 2 is 1.96 bits per heavy atom. The van der Waals surface area contributed by atoms with Gasteiger partial charge in [-0.1, -0.05) is 18.2 Å². The van der Waals surface area contributed by atoms with Crippen LogP contribution >= 0.6 is 0 Å². The van der Waals surface area contributed by atoms with Gasteiger partial charge < -0.3 is 5.32 Å². The average Bonchev–Trinajstić information content (AvgIpc) is 2.64. The largest absolute Gasteiger partial charge is 0.350 e. The summed E-state index contributed by atoms with van der Waals surface area (Å²) in [6.45, 7) is 2.67. The van der Waals surface area contributed by atoms with E-state index >= 15 is 0 Å². The first-order chi connectivity index (χ1) is 12.2. The van der Waals surface area contributed by atoms with E-state index in [-0.39, 0.29) is 17.8 Å². The summed E-state index contributed by atoms with van der Waals surface area (Å²) in [5.74, 6) is -0.286. The Labute approximate surface area is 147 Å². The van der Waals surface area contributed by atoms with Gasteiger partial charge in [-0.3, -0.25) is 14.7 Å². The van der Waals surface area contributed by atoms with E-state index in [9.17, 15) is 9.18 Å². The van der Waals surface area contributed by atoms with Gasteiger partial charge in [-0.2, -0.15) is 0 Å². The molecule has 1 fully saturated rings. The third kappa shape index (κ3) is 5.50. The Hall–Kier alpha value is -2.53. The van der Waals surface area contributed by atoms with Crippen LogP contribution in [0.25, 0.3) is 6.08 Å². The van der Waals surface area contributed by atoms with Gasteiger partial charge >= 0.3 is 0 Å². The first-order valence-corrected chi connectivity index (χ1v) is 8.55. The van der Waals surface area contributed by atoms with Crippen molar-refractivity contribution >= 4 is 12.0 Å². The fraction of sp³-hybridized carbons (Fsp3) is 0.300. The van der Waals surface area contributed by atoms with Crippen molar-refractivity contribution in [2.24, 2.45) is 0 Å². The molecule has 1 aliphatic rings. The van der Waals surface area contributed by atoms with Crippen LogP contribution in [-0.2, 0) is 11.3 Å². The van der Waals surface area contributed by atoms with Crippen molar-refractivity contribution in [3.8, 4) is 0 Å². The van der Waals surface area contributed by atoms with Crippen molar-refractivity contribution in [2.75, 3.05) is 13.1 Å². The monoisotopic (exact) mass is 339 g/mol. The molecule has 1 saturated heterocycles. The summed E-state index contributed by atoms with van der Waals surface area (Å²) in [5.41, 5.74) is 1.88. The number of amides is 1.